The molecule has 1 N–H and O–H groups in total. The molecule has 6 nitrogen and oxygen atoms in total. The second-order valence-electron chi connectivity index (χ2n) is 5.78. The van der Waals surface area contributed by atoms with Crippen molar-refractivity contribution in [2.75, 3.05) is 18.1 Å². The lowest BCUT2D eigenvalue weighted by molar-refractivity contribution is -0.123. The van der Waals surface area contributed by atoms with Crippen LogP contribution >= 0.6 is 11.6 Å². The van der Waals surface area contributed by atoms with Gasteiger partial charge in [0.05, 0.1) is 12.2 Å². The second kappa shape index (κ2) is 9.73. The molecule has 0 saturated carbocycles. The zero-order valence-electron chi connectivity index (χ0n) is 15.2. The Morgan fingerprint density at radius 1 is 1.04 bits per heavy atom. The highest BCUT2D eigenvalue weighted by atomic mass is 35.5. The van der Waals surface area contributed by atoms with Crippen LogP contribution in [0.3, 0.4) is 0 Å². The first-order chi connectivity index (χ1) is 12.9. The minimum absolute atomic E-state index is 0.123. The van der Waals surface area contributed by atoms with Crippen molar-refractivity contribution >= 4 is 35.1 Å². The van der Waals surface area contributed by atoms with Crippen molar-refractivity contribution in [1.29, 1.82) is 0 Å². The van der Waals surface area contributed by atoms with Crippen molar-refractivity contribution in [3.8, 4) is 0 Å². The maximum Gasteiger partial charge on any atom is 0.338 e. The fraction of sp³-hybridized carbons (Fsp3) is 0.250. The van der Waals surface area contributed by atoms with Gasteiger partial charge < -0.3 is 15.0 Å². The van der Waals surface area contributed by atoms with Gasteiger partial charge in [0.25, 0.3) is 0 Å². The van der Waals surface area contributed by atoms with Crippen LogP contribution in [0.5, 0.6) is 0 Å². The molecule has 0 unspecified atom stereocenters. The number of ether oxygens (including phenoxy) is 1. The quantitative estimate of drug-likeness (QED) is 0.739. The van der Waals surface area contributed by atoms with Crippen LogP contribution in [0.2, 0.25) is 5.02 Å². The third kappa shape index (κ3) is 6.11. The Kier molecular flexibility index (Phi) is 7.37. The number of nitrogens with zero attached hydrogens (tertiary/aromatic N) is 1. The first-order valence-electron chi connectivity index (χ1n) is 8.47. The summed E-state index contributed by atoms with van der Waals surface area (Å²) in [6.45, 7) is 3.61. The number of amides is 2. The summed E-state index contributed by atoms with van der Waals surface area (Å²) >= 11 is 5.83. The molecule has 2 aromatic carbocycles. The Labute approximate surface area is 163 Å². The van der Waals surface area contributed by atoms with Crippen LogP contribution in [0.15, 0.2) is 48.5 Å². The summed E-state index contributed by atoms with van der Waals surface area (Å²) in [5.41, 5.74) is 1.81. The Balaban J connectivity index is 1.99. The predicted molar refractivity (Wildman–Crippen MR) is 104 cm³/mol. The molecule has 0 atom stereocenters. The summed E-state index contributed by atoms with van der Waals surface area (Å²) < 4.78 is 4.93. The van der Waals surface area contributed by atoms with E-state index in [0.717, 1.165) is 5.56 Å². The number of halogens is 1. The van der Waals surface area contributed by atoms with Crippen molar-refractivity contribution in [1.82, 2.24) is 5.32 Å². The van der Waals surface area contributed by atoms with Gasteiger partial charge in [-0.05, 0) is 48.9 Å². The summed E-state index contributed by atoms with van der Waals surface area (Å²) in [5.74, 6) is -1.01. The molecule has 2 aromatic rings. The van der Waals surface area contributed by atoms with Crippen LogP contribution in [-0.4, -0.2) is 30.9 Å². The largest absolute Gasteiger partial charge is 0.462 e. The topological polar surface area (TPSA) is 75.7 Å². The van der Waals surface area contributed by atoms with Gasteiger partial charge in [0.15, 0.2) is 0 Å². The normalized spacial score (nSPS) is 10.2. The maximum absolute atomic E-state index is 12.2. The van der Waals surface area contributed by atoms with Gasteiger partial charge in [-0.2, -0.15) is 0 Å². The van der Waals surface area contributed by atoms with E-state index in [1.54, 1.807) is 43.3 Å². The van der Waals surface area contributed by atoms with E-state index in [1.807, 2.05) is 12.1 Å². The Morgan fingerprint density at radius 3 is 2.22 bits per heavy atom. The highest BCUT2D eigenvalue weighted by Crippen LogP contribution is 2.16. The van der Waals surface area contributed by atoms with Gasteiger partial charge in [0.1, 0.15) is 6.54 Å². The smallest absolute Gasteiger partial charge is 0.338 e. The van der Waals surface area contributed by atoms with Crippen molar-refractivity contribution in [3.05, 3.63) is 64.7 Å². The monoisotopic (exact) mass is 388 g/mol. The number of benzene rings is 2. The number of carbonyl (C=O) groups excluding carboxylic acids is 3. The van der Waals surface area contributed by atoms with E-state index in [9.17, 15) is 14.4 Å². The third-order valence-corrected chi connectivity index (χ3v) is 4.03. The van der Waals surface area contributed by atoms with Crippen molar-refractivity contribution in [2.45, 2.75) is 20.4 Å². The van der Waals surface area contributed by atoms with Crippen molar-refractivity contribution in [3.63, 3.8) is 0 Å². The van der Waals surface area contributed by atoms with Gasteiger partial charge in [-0.3, -0.25) is 9.59 Å². The zero-order chi connectivity index (χ0) is 19.8. The molecule has 2 amide bonds. The SMILES string of the molecule is CCOC(=O)c1ccc(N(CC(=O)NCc2ccc(Cl)cc2)C(C)=O)cc1. The van der Waals surface area contributed by atoms with Crippen molar-refractivity contribution in [2.24, 2.45) is 0 Å². The Bertz CT molecular complexity index is 804. The average Bonchev–Trinajstić information content (AvgIpc) is 2.66. The molecule has 0 heterocycles. The molecule has 0 spiro atoms. The van der Waals surface area contributed by atoms with Crippen LogP contribution < -0.4 is 10.2 Å². The summed E-state index contributed by atoms with van der Waals surface area (Å²) in [4.78, 5) is 37.2. The molecule has 0 aliphatic rings. The molecule has 0 aliphatic heterocycles. The molecular weight excluding hydrogens is 368 g/mol. The first-order valence-corrected chi connectivity index (χ1v) is 8.85. The lowest BCUT2D eigenvalue weighted by Gasteiger charge is -2.21. The fourth-order valence-corrected chi connectivity index (χ4v) is 2.50. The fourth-order valence-electron chi connectivity index (χ4n) is 2.38. The minimum Gasteiger partial charge on any atom is -0.462 e. The number of hydrogen-bond acceptors (Lipinski definition) is 4. The average molecular weight is 389 g/mol. The molecule has 0 radical (unpaired) electrons. The summed E-state index contributed by atoms with van der Waals surface area (Å²) in [6, 6.07) is 13.5. The van der Waals surface area contributed by atoms with Gasteiger partial charge in [0, 0.05) is 24.2 Å². The van der Waals surface area contributed by atoms with Crippen LogP contribution in [0.1, 0.15) is 29.8 Å². The molecule has 7 heteroatoms. The number of rotatable bonds is 7. The molecular formula is C20H21ClN2O4. The standard InChI is InChI=1S/C20H21ClN2O4/c1-3-27-20(26)16-6-10-18(11-7-16)23(14(2)24)13-19(25)22-12-15-4-8-17(21)9-5-15/h4-11H,3,12-13H2,1-2H3,(H,22,25). The molecule has 0 aromatic heterocycles. The first kappa shape index (κ1) is 20.5. The highest BCUT2D eigenvalue weighted by Gasteiger charge is 2.16. The number of hydrogen-bond donors (Lipinski definition) is 1. The molecule has 142 valence electrons. The zero-order valence-corrected chi connectivity index (χ0v) is 16.0. The number of esters is 1. The Morgan fingerprint density at radius 2 is 1.67 bits per heavy atom. The molecule has 0 fully saturated rings. The van der Waals surface area contributed by atoms with E-state index in [1.165, 1.54) is 11.8 Å². The summed E-state index contributed by atoms with van der Waals surface area (Å²) in [6.07, 6.45) is 0. The molecule has 0 bridgehead atoms. The van der Waals surface area contributed by atoms with E-state index in [0.29, 0.717) is 22.8 Å². The van der Waals surface area contributed by atoms with E-state index in [4.69, 9.17) is 16.3 Å². The van der Waals surface area contributed by atoms with Gasteiger partial charge >= 0.3 is 5.97 Å². The van der Waals surface area contributed by atoms with Gasteiger partial charge in [0.2, 0.25) is 11.8 Å². The van der Waals surface area contributed by atoms with Crippen LogP contribution in [0.25, 0.3) is 0 Å². The van der Waals surface area contributed by atoms with Crippen LogP contribution in [0, 0.1) is 0 Å². The van der Waals surface area contributed by atoms with Crippen molar-refractivity contribution < 1.29 is 19.1 Å². The molecule has 27 heavy (non-hydrogen) atoms. The Hall–Kier alpha value is -2.86. The summed E-state index contributed by atoms with van der Waals surface area (Å²) in [5, 5.41) is 3.39. The molecule has 2 rings (SSSR count). The van der Waals surface area contributed by atoms with Gasteiger partial charge in [-0.15, -0.1) is 0 Å². The predicted octanol–water partition coefficient (Wildman–Crippen LogP) is 3.19. The van der Waals surface area contributed by atoms with Crippen LogP contribution in [-0.2, 0) is 20.9 Å². The molecule has 0 saturated heterocycles. The van der Waals surface area contributed by atoms with E-state index in [-0.39, 0.29) is 25.0 Å². The number of carbonyl (C=O) groups is 3. The second-order valence-corrected chi connectivity index (χ2v) is 6.21. The lowest BCUT2D eigenvalue weighted by Crippen LogP contribution is -2.39. The minimum atomic E-state index is -0.431. The van der Waals surface area contributed by atoms with E-state index in [2.05, 4.69) is 5.32 Å². The number of anilines is 1. The van der Waals surface area contributed by atoms with Gasteiger partial charge in [-0.1, -0.05) is 23.7 Å². The van der Waals surface area contributed by atoms with E-state index >= 15 is 0 Å². The highest BCUT2D eigenvalue weighted by molar-refractivity contribution is 6.30. The molecule has 0 aliphatic carbocycles. The lowest BCUT2D eigenvalue weighted by atomic mass is 10.2. The van der Waals surface area contributed by atoms with E-state index < -0.39 is 5.97 Å². The third-order valence-electron chi connectivity index (χ3n) is 3.77. The summed E-state index contributed by atoms with van der Waals surface area (Å²) in [7, 11) is 0. The van der Waals surface area contributed by atoms with Gasteiger partial charge in [-0.25, -0.2) is 4.79 Å². The maximum atomic E-state index is 12.2. The van der Waals surface area contributed by atoms with Crippen LogP contribution in [0.4, 0.5) is 5.69 Å². The number of nitrogens with one attached hydrogen (secondary N) is 1.